The third kappa shape index (κ3) is 5.25. The number of sulfone groups is 1. The first-order chi connectivity index (χ1) is 14.7. The number of rotatable bonds is 5. The summed E-state index contributed by atoms with van der Waals surface area (Å²) in [5.41, 5.74) is 3.91. The summed E-state index contributed by atoms with van der Waals surface area (Å²) in [6, 6.07) is 13.0. The van der Waals surface area contributed by atoms with Crippen molar-refractivity contribution in [2.24, 2.45) is 4.99 Å². The molecule has 2 aromatic carbocycles. The van der Waals surface area contributed by atoms with Crippen LogP contribution in [0.25, 0.3) is 0 Å². The van der Waals surface area contributed by atoms with Crippen molar-refractivity contribution < 1.29 is 13.2 Å². The Bertz CT molecular complexity index is 1130. The third-order valence-corrected chi connectivity index (χ3v) is 8.44. The van der Waals surface area contributed by atoms with Gasteiger partial charge >= 0.3 is 0 Å². The number of anilines is 1. The summed E-state index contributed by atoms with van der Waals surface area (Å²) in [4.78, 5) is 19.3. The number of hydrogen-bond acceptors (Lipinski definition) is 6. The molecule has 4 rings (SSSR count). The molecule has 0 saturated carbocycles. The minimum atomic E-state index is -3.10. The Morgan fingerprint density at radius 2 is 1.94 bits per heavy atom. The number of hydrogen-bond donors (Lipinski definition) is 1. The second-order valence-electron chi connectivity index (χ2n) is 8.03. The van der Waals surface area contributed by atoms with Gasteiger partial charge in [-0.2, -0.15) is 0 Å². The maximum absolute atomic E-state index is 12.6. The molecule has 0 bridgehead atoms. The standard InChI is InChI=1S/C22H24ClN3O3S2/c1-14-3-4-15(2)18(9-14)24-21(27)11-30-22-25-19-12-31(28,29)13-20(19)26(22)10-16-5-7-17(23)8-6-16/h3-9,19-20H,10-13H2,1-2H3,(H,24,27)/t19-,20+/m0/s1. The Morgan fingerprint density at radius 1 is 1.19 bits per heavy atom. The monoisotopic (exact) mass is 477 g/mol. The molecule has 2 aliphatic heterocycles. The topological polar surface area (TPSA) is 78.8 Å². The van der Waals surface area contributed by atoms with E-state index in [0.717, 1.165) is 27.5 Å². The first-order valence-corrected chi connectivity index (χ1v) is 13.2. The maximum Gasteiger partial charge on any atom is 0.234 e. The Balaban J connectivity index is 1.46. The normalized spacial score (nSPS) is 21.6. The van der Waals surface area contributed by atoms with Crippen LogP contribution in [0, 0.1) is 13.8 Å². The molecule has 1 fully saturated rings. The Kier molecular flexibility index (Phi) is 6.32. The molecule has 1 amide bonds. The van der Waals surface area contributed by atoms with Gasteiger partial charge in [0, 0.05) is 17.3 Å². The fraction of sp³-hybridized carbons (Fsp3) is 0.364. The second kappa shape index (κ2) is 8.84. The Hall–Kier alpha value is -2.03. The summed E-state index contributed by atoms with van der Waals surface area (Å²) in [6.07, 6.45) is 0. The molecule has 2 aromatic rings. The lowest BCUT2D eigenvalue weighted by Crippen LogP contribution is -2.38. The van der Waals surface area contributed by atoms with E-state index in [9.17, 15) is 13.2 Å². The van der Waals surface area contributed by atoms with Gasteiger partial charge < -0.3 is 10.2 Å². The second-order valence-corrected chi connectivity index (χ2v) is 11.6. The number of fused-ring (bicyclic) bond motifs is 1. The zero-order valence-electron chi connectivity index (χ0n) is 17.3. The van der Waals surface area contributed by atoms with Gasteiger partial charge in [0.1, 0.15) is 0 Å². The lowest BCUT2D eigenvalue weighted by atomic mass is 10.1. The molecule has 1 saturated heterocycles. The maximum atomic E-state index is 12.6. The number of amides is 1. The number of nitrogens with one attached hydrogen (secondary N) is 1. The van der Waals surface area contributed by atoms with Gasteiger partial charge in [-0.1, -0.05) is 47.6 Å². The van der Waals surface area contributed by atoms with E-state index in [2.05, 4.69) is 10.3 Å². The fourth-order valence-electron chi connectivity index (χ4n) is 3.87. The fourth-order valence-corrected chi connectivity index (χ4v) is 6.78. The van der Waals surface area contributed by atoms with Crippen LogP contribution in [0.3, 0.4) is 0 Å². The van der Waals surface area contributed by atoms with Gasteiger partial charge in [0.25, 0.3) is 0 Å². The molecule has 0 spiro atoms. The van der Waals surface area contributed by atoms with Crippen LogP contribution in [0.4, 0.5) is 5.69 Å². The number of halogens is 1. The summed E-state index contributed by atoms with van der Waals surface area (Å²) >= 11 is 7.34. The average molecular weight is 478 g/mol. The molecular formula is C22H24ClN3O3S2. The van der Waals surface area contributed by atoms with E-state index < -0.39 is 9.84 Å². The molecule has 9 heteroatoms. The molecule has 2 aliphatic rings. The first kappa shape index (κ1) is 22.2. The highest BCUT2D eigenvalue weighted by Gasteiger charge is 2.46. The number of nitrogens with zero attached hydrogens (tertiary/aromatic N) is 2. The van der Waals surface area contributed by atoms with Crippen LogP contribution in [0.5, 0.6) is 0 Å². The Morgan fingerprint density at radius 3 is 2.68 bits per heavy atom. The van der Waals surface area contributed by atoms with E-state index >= 15 is 0 Å². The summed E-state index contributed by atoms with van der Waals surface area (Å²) < 4.78 is 24.3. The number of aryl methyl sites for hydroxylation is 2. The van der Waals surface area contributed by atoms with Gasteiger partial charge in [-0.3, -0.25) is 9.79 Å². The lowest BCUT2D eigenvalue weighted by Gasteiger charge is -2.26. The van der Waals surface area contributed by atoms with Crippen LogP contribution in [-0.2, 0) is 21.2 Å². The number of carbonyl (C=O) groups excluding carboxylic acids is 1. The number of aliphatic imine (C=N–C) groups is 1. The molecule has 31 heavy (non-hydrogen) atoms. The number of carbonyl (C=O) groups is 1. The van der Waals surface area contributed by atoms with Crippen LogP contribution in [0.15, 0.2) is 47.5 Å². The molecule has 0 radical (unpaired) electrons. The highest BCUT2D eigenvalue weighted by Crippen LogP contribution is 2.32. The number of amidine groups is 1. The van der Waals surface area contributed by atoms with E-state index in [1.54, 1.807) is 0 Å². The summed E-state index contributed by atoms with van der Waals surface area (Å²) in [5.74, 6) is 0.244. The van der Waals surface area contributed by atoms with Gasteiger partial charge in [-0.05, 0) is 48.7 Å². The Labute approximate surface area is 192 Å². The van der Waals surface area contributed by atoms with Crippen molar-refractivity contribution in [3.63, 3.8) is 0 Å². The molecule has 0 aliphatic carbocycles. The van der Waals surface area contributed by atoms with E-state index in [4.69, 9.17) is 11.6 Å². The average Bonchev–Trinajstić information content (AvgIpc) is 3.17. The van der Waals surface area contributed by atoms with Crippen molar-refractivity contribution in [2.45, 2.75) is 32.5 Å². The molecule has 164 valence electrons. The number of benzene rings is 2. The summed E-state index contributed by atoms with van der Waals surface area (Å²) in [7, 11) is -3.10. The van der Waals surface area contributed by atoms with E-state index in [1.165, 1.54) is 11.8 Å². The van der Waals surface area contributed by atoms with Crippen LogP contribution in [-0.4, -0.2) is 53.7 Å². The molecule has 1 N–H and O–H groups in total. The van der Waals surface area contributed by atoms with Crippen molar-refractivity contribution >= 4 is 50.0 Å². The van der Waals surface area contributed by atoms with E-state index in [0.29, 0.717) is 11.6 Å². The molecule has 2 heterocycles. The molecule has 6 nitrogen and oxygen atoms in total. The van der Waals surface area contributed by atoms with E-state index in [-0.39, 0.29) is 35.2 Å². The highest BCUT2D eigenvalue weighted by atomic mass is 35.5. The van der Waals surface area contributed by atoms with E-state index in [1.807, 2.05) is 61.2 Å². The molecular weight excluding hydrogens is 454 g/mol. The van der Waals surface area contributed by atoms with Gasteiger partial charge in [0.05, 0.1) is 29.3 Å². The highest BCUT2D eigenvalue weighted by molar-refractivity contribution is 8.14. The summed E-state index contributed by atoms with van der Waals surface area (Å²) in [6.45, 7) is 4.47. The SMILES string of the molecule is Cc1ccc(C)c(NC(=O)CSC2=N[C@H]3CS(=O)(=O)C[C@H]3N2Cc2ccc(Cl)cc2)c1. The molecule has 0 aromatic heterocycles. The minimum absolute atomic E-state index is 0.0630. The molecule has 0 unspecified atom stereocenters. The zero-order chi connectivity index (χ0) is 22.2. The largest absolute Gasteiger partial charge is 0.341 e. The van der Waals surface area contributed by atoms with Crippen molar-refractivity contribution in [3.8, 4) is 0 Å². The minimum Gasteiger partial charge on any atom is -0.341 e. The van der Waals surface area contributed by atoms with Gasteiger partial charge in [0.2, 0.25) is 5.91 Å². The lowest BCUT2D eigenvalue weighted by molar-refractivity contribution is -0.113. The molecule has 2 atom stereocenters. The van der Waals surface area contributed by atoms with Crippen LogP contribution < -0.4 is 5.32 Å². The van der Waals surface area contributed by atoms with Gasteiger partial charge in [-0.25, -0.2) is 8.42 Å². The summed E-state index contributed by atoms with van der Waals surface area (Å²) in [5, 5.41) is 4.33. The van der Waals surface area contributed by atoms with Crippen LogP contribution in [0.2, 0.25) is 5.02 Å². The number of thioether (sulfide) groups is 1. The predicted molar refractivity (Wildman–Crippen MR) is 128 cm³/mol. The van der Waals surface area contributed by atoms with Crippen LogP contribution >= 0.6 is 23.4 Å². The van der Waals surface area contributed by atoms with Crippen molar-refractivity contribution in [1.29, 1.82) is 0 Å². The van der Waals surface area contributed by atoms with Crippen molar-refractivity contribution in [2.75, 3.05) is 22.6 Å². The predicted octanol–water partition coefficient (Wildman–Crippen LogP) is 3.67. The smallest absolute Gasteiger partial charge is 0.234 e. The third-order valence-electron chi connectivity index (χ3n) is 5.48. The van der Waals surface area contributed by atoms with Crippen molar-refractivity contribution in [3.05, 3.63) is 64.2 Å². The van der Waals surface area contributed by atoms with Crippen molar-refractivity contribution in [1.82, 2.24) is 4.90 Å². The van der Waals surface area contributed by atoms with Gasteiger partial charge in [-0.15, -0.1) is 0 Å². The van der Waals surface area contributed by atoms with Gasteiger partial charge in [0.15, 0.2) is 15.0 Å². The quantitative estimate of drug-likeness (QED) is 0.710. The zero-order valence-corrected chi connectivity index (χ0v) is 19.7. The first-order valence-electron chi connectivity index (χ1n) is 9.99. The van der Waals surface area contributed by atoms with Crippen LogP contribution in [0.1, 0.15) is 16.7 Å².